The number of rotatable bonds is 65. The van der Waals surface area contributed by atoms with Gasteiger partial charge in [0.1, 0.15) is 0 Å². The van der Waals surface area contributed by atoms with E-state index in [0.29, 0.717) is 79.3 Å². The van der Waals surface area contributed by atoms with Gasteiger partial charge in [0.05, 0.1) is 46.2 Å². The Hall–Kier alpha value is -3.17. The van der Waals surface area contributed by atoms with Crippen LogP contribution < -0.4 is 0 Å². The molecule has 0 unspecified atom stereocenters. The molecular weight excluding hydrogens is 1210 g/mol. The molecule has 0 amide bonds. The lowest BCUT2D eigenvalue weighted by molar-refractivity contribution is -0.287. The Bertz CT molecular complexity index is 1590. The number of carbonyl (C=O) groups excluding carboxylic acids is 4. The predicted molar refractivity (Wildman–Crippen MR) is 376 cm³/mol. The van der Waals surface area contributed by atoms with Crippen LogP contribution in [-0.2, 0) is 83.9 Å². The first-order chi connectivity index (χ1) is 44.4. The second-order valence-electron chi connectivity index (χ2n) is 21.5. The fourth-order valence-corrected chi connectivity index (χ4v) is 13.3. The standard InChI is InChI=1S/C34H66O8Si2.C26H44O4.C6H16O4Si.C4H10O2/c1-6-39-43-32(5)26-22-18-14-13-16-20-24-30-38-34(36)28-27-33(35)37-29-23-19-15-11-10-12-17-21-25-31-44(40-7-2,41-8-3)42-9-4;1-3-5-7-9-11-13-15-17-19-23-29-25(27)21-22-26(28)30-24-20-18-16-14-12-10-8-6-4-2;1-4-7-10-11(8-5-2)9-6-3;1-3-5-6-4-2/h27-28H,5-26,29-31,43H2,1-4H3;3-4,21-22H,1-2,5-20,23-24H2;11H,4-6H2,1-3H3;3-4H2,1-2H3/b28-27+;22-21-;;. The zero-order chi connectivity index (χ0) is 68.0. The molecule has 0 radical (unpaired) electrons. The maximum atomic E-state index is 11.8. The SMILES string of the molecule is C=C(CCCCCCCCCOC(=O)/C=C/C(=O)OCCCCCCCCCCC[Si](OCC)(OCC)OCC)[SiH2]OCC.C=CCCCCCCCCCOC(=O)/C=C\C(=O)OCCCCCCCCCC=C.CCOOCC.CCOO[SiH](OCC)OCC. The highest BCUT2D eigenvalue weighted by Crippen LogP contribution is 2.21. The van der Waals surface area contributed by atoms with E-state index in [1.165, 1.54) is 127 Å². The summed E-state index contributed by atoms with van der Waals surface area (Å²) in [5, 5.41) is 1.32. The van der Waals surface area contributed by atoms with Crippen LogP contribution in [0, 0.1) is 0 Å². The molecule has 0 bridgehead atoms. The van der Waals surface area contributed by atoms with Crippen molar-refractivity contribution in [2.24, 2.45) is 0 Å². The summed E-state index contributed by atoms with van der Waals surface area (Å²) in [7, 11) is -4.99. The van der Waals surface area contributed by atoms with Crippen LogP contribution in [0.1, 0.15) is 274 Å². The van der Waals surface area contributed by atoms with Gasteiger partial charge in [-0.25, -0.2) is 38.4 Å². The van der Waals surface area contributed by atoms with Crippen LogP contribution in [-0.4, -0.2) is 138 Å². The molecular formula is C70H136O18Si3. The molecule has 0 saturated carbocycles. The van der Waals surface area contributed by atoms with E-state index in [1.54, 1.807) is 0 Å². The summed E-state index contributed by atoms with van der Waals surface area (Å²) in [4.78, 5) is 60.5. The number of allylic oxidation sites excluding steroid dienone is 3. The average molecular weight is 1350 g/mol. The van der Waals surface area contributed by atoms with Crippen molar-refractivity contribution in [2.45, 2.75) is 280 Å². The van der Waals surface area contributed by atoms with Gasteiger partial charge in [0.25, 0.3) is 0 Å². The number of hydrogen-bond donors (Lipinski definition) is 0. The topological polar surface area (TPSA) is 197 Å². The first-order valence-corrected chi connectivity index (χ1v) is 40.2. The lowest BCUT2D eigenvalue weighted by Gasteiger charge is -2.28. The Labute approximate surface area is 560 Å². The first-order valence-electron chi connectivity index (χ1n) is 35.6. The molecule has 18 nitrogen and oxygen atoms in total. The quantitative estimate of drug-likeness (QED) is 0.00813. The van der Waals surface area contributed by atoms with Crippen LogP contribution in [0.15, 0.2) is 61.4 Å². The van der Waals surface area contributed by atoms with Crippen molar-refractivity contribution >= 4 is 52.0 Å². The molecule has 536 valence electrons. The van der Waals surface area contributed by atoms with E-state index in [4.69, 9.17) is 55.0 Å². The van der Waals surface area contributed by atoms with Gasteiger partial charge in [-0.05, 0) is 133 Å². The van der Waals surface area contributed by atoms with Gasteiger partial charge in [-0.1, -0.05) is 159 Å². The summed E-state index contributed by atoms with van der Waals surface area (Å²) in [6.45, 7) is 36.3. The van der Waals surface area contributed by atoms with E-state index in [9.17, 15) is 19.2 Å². The molecule has 0 heterocycles. The minimum atomic E-state index is -2.49. The largest absolute Gasteiger partial charge is 0.513 e. The number of unbranched alkanes of at least 4 members (excludes halogenated alkanes) is 28. The molecule has 0 aliphatic rings. The number of hydrogen-bond acceptors (Lipinski definition) is 18. The molecule has 0 spiro atoms. The van der Waals surface area contributed by atoms with Gasteiger partial charge >= 0.3 is 42.2 Å². The van der Waals surface area contributed by atoms with Crippen LogP contribution in [0.2, 0.25) is 6.04 Å². The van der Waals surface area contributed by atoms with E-state index in [1.807, 2.05) is 74.5 Å². The molecule has 0 aromatic rings. The smallest absolute Gasteiger partial charge is 0.463 e. The van der Waals surface area contributed by atoms with Gasteiger partial charge in [0.15, 0.2) is 9.76 Å². The van der Waals surface area contributed by atoms with Crippen molar-refractivity contribution < 1.29 is 83.9 Å². The van der Waals surface area contributed by atoms with Crippen LogP contribution in [0.25, 0.3) is 0 Å². The van der Waals surface area contributed by atoms with E-state index >= 15 is 0 Å². The summed E-state index contributed by atoms with van der Waals surface area (Å²) >= 11 is 0. The highest BCUT2D eigenvalue weighted by atomic mass is 28.4. The van der Waals surface area contributed by atoms with Gasteiger partial charge in [-0.2, -0.15) is 0 Å². The van der Waals surface area contributed by atoms with Crippen molar-refractivity contribution in [2.75, 3.05) is 85.9 Å². The highest BCUT2D eigenvalue weighted by Gasteiger charge is 2.39. The van der Waals surface area contributed by atoms with Gasteiger partial charge in [0.2, 0.25) is 0 Å². The molecule has 21 heteroatoms. The first kappa shape index (κ1) is 94.2. The molecule has 91 heavy (non-hydrogen) atoms. The molecule has 0 aliphatic carbocycles. The van der Waals surface area contributed by atoms with Crippen molar-refractivity contribution in [1.82, 2.24) is 0 Å². The monoisotopic (exact) mass is 1350 g/mol. The number of carbonyl (C=O) groups is 4. The van der Waals surface area contributed by atoms with Crippen LogP contribution >= 0.6 is 0 Å². The maximum Gasteiger partial charge on any atom is 0.513 e. The average Bonchev–Trinajstić information content (AvgIpc) is 3.21. The summed E-state index contributed by atoms with van der Waals surface area (Å²) in [6.07, 6.45) is 46.1. The Morgan fingerprint density at radius 3 is 0.945 bits per heavy atom. The second kappa shape index (κ2) is 81.1. The minimum absolute atomic E-state index is 0.382. The van der Waals surface area contributed by atoms with E-state index in [-0.39, 0.29) is 0 Å². The normalized spacial score (nSPS) is 11.3. The zero-order valence-corrected chi connectivity index (χ0v) is 63.0. The third-order valence-corrected chi connectivity index (χ3v) is 19.4. The van der Waals surface area contributed by atoms with E-state index < -0.39 is 52.0 Å². The summed E-state index contributed by atoms with van der Waals surface area (Å²) in [5.74, 6) is -1.94. The minimum Gasteiger partial charge on any atom is -0.463 e. The fraction of sp³-hybridized carbons (Fsp3) is 0.800. The predicted octanol–water partition coefficient (Wildman–Crippen LogP) is 16.9. The number of ether oxygens (including phenoxy) is 4. The molecule has 0 aromatic heterocycles. The Balaban J connectivity index is -0.000000685. The third-order valence-electron chi connectivity index (χ3n) is 13.4. The lowest BCUT2D eigenvalue weighted by atomic mass is 10.1. The summed E-state index contributed by atoms with van der Waals surface area (Å²) in [6, 6.07) is 0.896. The summed E-state index contributed by atoms with van der Waals surface area (Å²) < 4.78 is 59.0. The molecule has 0 N–H and O–H groups in total. The van der Waals surface area contributed by atoms with Gasteiger partial charge < -0.3 is 45.5 Å². The zero-order valence-electron chi connectivity index (χ0n) is 59.5. The van der Waals surface area contributed by atoms with Crippen molar-refractivity contribution in [3.8, 4) is 0 Å². The van der Waals surface area contributed by atoms with Crippen LogP contribution in [0.3, 0.4) is 0 Å². The van der Waals surface area contributed by atoms with Crippen molar-refractivity contribution in [3.63, 3.8) is 0 Å². The lowest BCUT2D eigenvalue weighted by Crippen LogP contribution is -2.45. The van der Waals surface area contributed by atoms with Gasteiger partial charge in [0, 0.05) is 70.0 Å². The van der Waals surface area contributed by atoms with E-state index in [2.05, 4.69) is 29.5 Å². The molecule has 0 atom stereocenters. The van der Waals surface area contributed by atoms with Crippen LogP contribution in [0.4, 0.5) is 0 Å². The summed E-state index contributed by atoms with van der Waals surface area (Å²) in [5.41, 5.74) is 0. The Kier molecular flexibility index (Phi) is 83.9. The maximum absolute atomic E-state index is 11.8. The van der Waals surface area contributed by atoms with E-state index in [0.717, 1.165) is 127 Å². The van der Waals surface area contributed by atoms with Crippen molar-refractivity contribution in [3.05, 3.63) is 61.4 Å². The molecule has 0 rings (SSSR count). The number of esters is 4. The third kappa shape index (κ3) is 79.2. The van der Waals surface area contributed by atoms with Gasteiger partial charge in [-0.15, -0.1) is 19.7 Å². The fourth-order valence-electron chi connectivity index (χ4n) is 8.73. The Morgan fingerprint density at radius 1 is 0.363 bits per heavy atom. The highest BCUT2D eigenvalue weighted by molar-refractivity contribution is 6.60. The second-order valence-corrected chi connectivity index (χ2v) is 27.3. The molecule has 0 saturated heterocycles. The van der Waals surface area contributed by atoms with Crippen molar-refractivity contribution in [1.29, 1.82) is 0 Å². The molecule has 0 aromatic carbocycles. The molecule has 0 fully saturated rings. The van der Waals surface area contributed by atoms with Crippen LogP contribution in [0.5, 0.6) is 0 Å². The van der Waals surface area contributed by atoms with Gasteiger partial charge in [-0.3, -0.25) is 0 Å². The molecule has 0 aliphatic heterocycles. The Morgan fingerprint density at radius 2 is 0.659 bits per heavy atom.